The number of anilines is 1. The molecule has 7 nitrogen and oxygen atoms in total. The van der Waals surface area contributed by atoms with Crippen molar-refractivity contribution in [3.05, 3.63) is 41.3 Å². The molecule has 0 saturated carbocycles. The molecule has 2 aromatic rings. The third-order valence-corrected chi connectivity index (χ3v) is 5.47. The Balaban J connectivity index is 1.76. The highest BCUT2D eigenvalue weighted by Gasteiger charge is 2.48. The summed E-state index contributed by atoms with van der Waals surface area (Å²) in [5, 5.41) is 24.6. The van der Waals surface area contributed by atoms with E-state index in [4.69, 9.17) is 0 Å². The number of hydrogen-bond donors (Lipinski definition) is 2. The molecule has 1 aliphatic heterocycles. The lowest BCUT2D eigenvalue weighted by Crippen LogP contribution is -2.56. The van der Waals surface area contributed by atoms with Gasteiger partial charge in [0, 0.05) is 25.0 Å². The average Bonchev–Trinajstić information content (AvgIpc) is 2.94. The van der Waals surface area contributed by atoms with Gasteiger partial charge in [0.25, 0.3) is 0 Å². The molecule has 1 saturated heterocycles. The van der Waals surface area contributed by atoms with Gasteiger partial charge in [0.1, 0.15) is 11.2 Å². The number of aliphatic hydroxyl groups excluding tert-OH is 1. The number of pyridine rings is 1. The van der Waals surface area contributed by atoms with Crippen LogP contribution in [-0.2, 0) is 11.3 Å². The second kappa shape index (κ2) is 7.68. The lowest BCUT2D eigenvalue weighted by atomic mass is 9.74. The fourth-order valence-corrected chi connectivity index (χ4v) is 3.99. The number of piperidine rings is 1. The molecule has 2 N–H and O–H groups in total. The smallest absolute Gasteiger partial charge is 0.314 e. The molecule has 0 bridgehead atoms. The minimum absolute atomic E-state index is 0.279. The highest BCUT2D eigenvalue weighted by Crippen LogP contribution is 2.36. The molecule has 0 amide bonds. The molecule has 0 aromatic carbocycles. The van der Waals surface area contributed by atoms with Crippen molar-refractivity contribution in [2.24, 2.45) is 5.41 Å². The van der Waals surface area contributed by atoms with Gasteiger partial charge in [0.05, 0.1) is 18.3 Å². The van der Waals surface area contributed by atoms with Gasteiger partial charge in [-0.15, -0.1) is 0 Å². The number of aliphatic hydroxyl groups is 1. The number of carbonyl (C=O) groups is 1. The zero-order chi connectivity index (χ0) is 19.6. The normalized spacial score (nSPS) is 22.8. The lowest BCUT2D eigenvalue weighted by molar-refractivity contribution is -0.158. The van der Waals surface area contributed by atoms with Gasteiger partial charge in [-0.25, -0.2) is 4.98 Å². The lowest BCUT2D eigenvalue weighted by Gasteiger charge is -2.43. The Morgan fingerprint density at radius 2 is 2.15 bits per heavy atom. The maximum Gasteiger partial charge on any atom is 0.314 e. The van der Waals surface area contributed by atoms with Crippen LogP contribution in [0.5, 0.6) is 0 Å². The highest BCUT2D eigenvalue weighted by molar-refractivity contribution is 5.77. The summed E-state index contributed by atoms with van der Waals surface area (Å²) in [5.74, 6) is -0.177. The summed E-state index contributed by atoms with van der Waals surface area (Å²) >= 11 is 0. The van der Waals surface area contributed by atoms with Crippen LogP contribution < -0.4 is 4.90 Å². The van der Waals surface area contributed by atoms with E-state index in [9.17, 15) is 15.0 Å². The number of nitrogens with zero attached hydrogens (tertiary/aromatic N) is 4. The average molecular weight is 372 g/mol. The first-order chi connectivity index (χ1) is 12.9. The Morgan fingerprint density at radius 1 is 1.37 bits per heavy atom. The van der Waals surface area contributed by atoms with Gasteiger partial charge in [-0.3, -0.25) is 9.48 Å². The fraction of sp³-hybridized carbons (Fsp3) is 0.550. The van der Waals surface area contributed by atoms with Crippen LogP contribution >= 0.6 is 0 Å². The first-order valence-corrected chi connectivity index (χ1v) is 9.48. The van der Waals surface area contributed by atoms with E-state index in [1.807, 2.05) is 54.7 Å². The number of aryl methyl sites for hydroxylation is 2. The van der Waals surface area contributed by atoms with Crippen LogP contribution in [0.4, 0.5) is 5.82 Å². The number of carboxylic acid groups (broad SMARTS) is 1. The molecule has 2 aromatic heterocycles. The van der Waals surface area contributed by atoms with Crippen LogP contribution in [-0.4, -0.2) is 50.1 Å². The monoisotopic (exact) mass is 372 g/mol. The molecule has 3 rings (SSSR count). The molecule has 146 valence electrons. The molecule has 2 atom stereocenters. The van der Waals surface area contributed by atoms with Crippen LogP contribution in [0.15, 0.2) is 24.4 Å². The van der Waals surface area contributed by atoms with E-state index in [1.165, 1.54) is 0 Å². The number of aliphatic carboxylic acids is 1. The Bertz CT molecular complexity index is 802. The predicted molar refractivity (Wildman–Crippen MR) is 103 cm³/mol. The first kappa shape index (κ1) is 19.4. The van der Waals surface area contributed by atoms with E-state index in [0.29, 0.717) is 32.4 Å². The predicted octanol–water partition coefficient (Wildman–Crippen LogP) is 2.39. The van der Waals surface area contributed by atoms with Crippen LogP contribution in [0, 0.1) is 19.3 Å². The van der Waals surface area contributed by atoms with E-state index >= 15 is 0 Å². The third-order valence-electron chi connectivity index (χ3n) is 5.47. The van der Waals surface area contributed by atoms with Crippen LogP contribution in [0.1, 0.15) is 43.1 Å². The van der Waals surface area contributed by atoms with Crippen molar-refractivity contribution in [2.45, 2.75) is 52.7 Å². The molecule has 0 aliphatic carbocycles. The van der Waals surface area contributed by atoms with Crippen molar-refractivity contribution in [2.75, 3.05) is 18.0 Å². The molecule has 1 fully saturated rings. The SMILES string of the molecule is CCC[C@@]1(C(=O)O)CN(c2ccc(Cn3nc(C)cc3C)cn2)CC[C@H]1O. The van der Waals surface area contributed by atoms with E-state index < -0.39 is 17.5 Å². The van der Waals surface area contributed by atoms with E-state index in [0.717, 1.165) is 22.8 Å². The maximum absolute atomic E-state index is 11.9. The Kier molecular flexibility index (Phi) is 5.51. The quantitative estimate of drug-likeness (QED) is 0.809. The molecule has 27 heavy (non-hydrogen) atoms. The Hall–Kier alpha value is -2.41. The second-order valence-electron chi connectivity index (χ2n) is 7.55. The summed E-state index contributed by atoms with van der Waals surface area (Å²) in [7, 11) is 0. The number of hydrogen-bond acceptors (Lipinski definition) is 5. The topological polar surface area (TPSA) is 91.5 Å². The summed E-state index contributed by atoms with van der Waals surface area (Å²) in [6.45, 7) is 7.48. The van der Waals surface area contributed by atoms with Crippen molar-refractivity contribution < 1.29 is 15.0 Å². The Morgan fingerprint density at radius 3 is 2.70 bits per heavy atom. The van der Waals surface area contributed by atoms with E-state index in [1.54, 1.807) is 0 Å². The zero-order valence-corrected chi connectivity index (χ0v) is 16.2. The van der Waals surface area contributed by atoms with Crippen LogP contribution in [0.2, 0.25) is 0 Å². The van der Waals surface area contributed by atoms with Crippen molar-refractivity contribution in [1.29, 1.82) is 0 Å². The molecule has 1 aliphatic rings. The van der Waals surface area contributed by atoms with E-state index in [-0.39, 0.29) is 6.54 Å². The van der Waals surface area contributed by atoms with Crippen molar-refractivity contribution in [3.63, 3.8) is 0 Å². The van der Waals surface area contributed by atoms with Gasteiger partial charge in [0.2, 0.25) is 0 Å². The largest absolute Gasteiger partial charge is 0.481 e. The number of rotatable bonds is 6. The van der Waals surface area contributed by atoms with Gasteiger partial charge in [-0.05, 0) is 44.4 Å². The molecule has 0 spiro atoms. The standard InChI is InChI=1S/C20H28N4O3/c1-4-8-20(19(26)27)13-23(9-7-17(20)25)18-6-5-16(11-21-18)12-24-15(3)10-14(2)22-24/h5-6,10-11,17,25H,4,7-9,12-13H2,1-3H3,(H,26,27)/t17-,20-/m1/s1. The maximum atomic E-state index is 11.9. The molecule has 0 unspecified atom stereocenters. The highest BCUT2D eigenvalue weighted by atomic mass is 16.4. The van der Waals surface area contributed by atoms with Crippen LogP contribution in [0.3, 0.4) is 0 Å². The van der Waals surface area contributed by atoms with Crippen molar-refractivity contribution >= 4 is 11.8 Å². The van der Waals surface area contributed by atoms with Gasteiger partial charge in [0.15, 0.2) is 0 Å². The fourth-order valence-electron chi connectivity index (χ4n) is 3.99. The molecule has 3 heterocycles. The van der Waals surface area contributed by atoms with Crippen molar-refractivity contribution in [3.8, 4) is 0 Å². The van der Waals surface area contributed by atoms with E-state index in [2.05, 4.69) is 10.1 Å². The summed E-state index contributed by atoms with van der Waals surface area (Å²) in [6.07, 6.45) is 2.60. The third kappa shape index (κ3) is 3.83. The van der Waals surface area contributed by atoms with Gasteiger partial charge in [-0.2, -0.15) is 5.10 Å². The minimum Gasteiger partial charge on any atom is -0.481 e. The molecular formula is C20H28N4O3. The van der Waals surface area contributed by atoms with Gasteiger partial charge in [-0.1, -0.05) is 19.4 Å². The summed E-state index contributed by atoms with van der Waals surface area (Å²) in [5.41, 5.74) is 2.01. The van der Waals surface area contributed by atoms with Crippen LogP contribution in [0.25, 0.3) is 0 Å². The first-order valence-electron chi connectivity index (χ1n) is 9.48. The molecular weight excluding hydrogens is 344 g/mol. The minimum atomic E-state index is -1.13. The van der Waals surface area contributed by atoms with Gasteiger partial charge >= 0.3 is 5.97 Å². The Labute approximate surface area is 159 Å². The summed E-state index contributed by atoms with van der Waals surface area (Å²) < 4.78 is 1.94. The van der Waals surface area contributed by atoms with Gasteiger partial charge < -0.3 is 15.1 Å². The molecule has 0 radical (unpaired) electrons. The zero-order valence-electron chi connectivity index (χ0n) is 16.2. The number of aromatic nitrogens is 3. The summed E-state index contributed by atoms with van der Waals surface area (Å²) in [6, 6.07) is 5.98. The molecule has 7 heteroatoms. The number of carboxylic acids is 1. The van der Waals surface area contributed by atoms with Crippen molar-refractivity contribution in [1.82, 2.24) is 14.8 Å². The second-order valence-corrected chi connectivity index (χ2v) is 7.55. The summed E-state index contributed by atoms with van der Waals surface area (Å²) in [4.78, 5) is 18.5.